The van der Waals surface area contributed by atoms with Crippen LogP contribution in [0.5, 0.6) is 5.75 Å². The number of hydrogen-bond donors (Lipinski definition) is 2. The van der Waals surface area contributed by atoms with E-state index < -0.39 is 16.1 Å². The summed E-state index contributed by atoms with van der Waals surface area (Å²) in [6.07, 6.45) is 0.174. The van der Waals surface area contributed by atoms with Crippen molar-refractivity contribution in [1.82, 2.24) is 4.72 Å². The van der Waals surface area contributed by atoms with Crippen LogP contribution in [0.25, 0.3) is 0 Å². The molecule has 3 aromatic rings. The Morgan fingerprint density at radius 1 is 1.10 bits per heavy atom. The molecule has 0 saturated carbocycles. The maximum Gasteiger partial charge on any atom is 0.240 e. The van der Waals surface area contributed by atoms with Crippen molar-refractivity contribution in [3.63, 3.8) is 0 Å². The number of aliphatic hydroxyl groups excluding tert-OH is 1. The molecule has 1 heterocycles. The van der Waals surface area contributed by atoms with Gasteiger partial charge in [-0.2, -0.15) is 0 Å². The number of benzene rings is 2. The first kappa shape index (κ1) is 21.5. The second-order valence-electron chi connectivity index (χ2n) is 6.72. The molecule has 2 N–H and O–H groups in total. The summed E-state index contributed by atoms with van der Waals surface area (Å²) in [6.45, 7) is 4.62. The average Bonchev–Trinajstić information content (AvgIpc) is 3.20. The summed E-state index contributed by atoms with van der Waals surface area (Å²) in [7, 11) is -3.64. The second-order valence-corrected chi connectivity index (χ2v) is 9.68. The third-order valence-corrected chi connectivity index (χ3v) is 6.96. The van der Waals surface area contributed by atoms with Crippen LogP contribution >= 0.6 is 11.3 Å². The van der Waals surface area contributed by atoms with E-state index in [0.29, 0.717) is 12.4 Å². The molecule has 0 spiro atoms. The van der Waals surface area contributed by atoms with Gasteiger partial charge in [0.25, 0.3) is 0 Å². The van der Waals surface area contributed by atoms with Crippen LogP contribution in [0, 0.1) is 6.92 Å². The monoisotopic (exact) mass is 431 g/mol. The molecular formula is C22H25NO4S2. The smallest absolute Gasteiger partial charge is 0.240 e. The predicted molar refractivity (Wildman–Crippen MR) is 116 cm³/mol. The Hall–Kier alpha value is -2.19. The molecule has 0 fully saturated rings. The molecule has 5 nitrogen and oxygen atoms in total. The molecule has 1 aromatic heterocycles. The van der Waals surface area contributed by atoms with Crippen LogP contribution < -0.4 is 9.46 Å². The van der Waals surface area contributed by atoms with E-state index in [4.69, 9.17) is 4.74 Å². The molecule has 7 heteroatoms. The molecular weight excluding hydrogens is 406 g/mol. The van der Waals surface area contributed by atoms with Gasteiger partial charge in [0, 0.05) is 16.3 Å². The molecule has 29 heavy (non-hydrogen) atoms. The van der Waals surface area contributed by atoms with Crippen molar-refractivity contribution in [2.75, 3.05) is 6.61 Å². The molecule has 0 aliphatic heterocycles. The van der Waals surface area contributed by atoms with E-state index in [1.807, 2.05) is 56.3 Å². The van der Waals surface area contributed by atoms with Crippen molar-refractivity contribution in [1.29, 1.82) is 0 Å². The van der Waals surface area contributed by atoms with Gasteiger partial charge in [-0.15, -0.1) is 11.3 Å². The van der Waals surface area contributed by atoms with Crippen LogP contribution in [0.4, 0.5) is 0 Å². The number of hydrogen-bond acceptors (Lipinski definition) is 5. The number of sulfonamides is 1. The van der Waals surface area contributed by atoms with Gasteiger partial charge in [-0.3, -0.25) is 0 Å². The van der Waals surface area contributed by atoms with Gasteiger partial charge in [-0.05, 0) is 54.8 Å². The predicted octanol–water partition coefficient (Wildman–Crippen LogP) is 4.41. The minimum absolute atomic E-state index is 0.168. The Bertz CT molecular complexity index is 1050. The van der Waals surface area contributed by atoms with Crippen LogP contribution in [0.15, 0.2) is 65.6 Å². The number of rotatable bonds is 9. The molecule has 0 amide bonds. The van der Waals surface area contributed by atoms with E-state index in [-0.39, 0.29) is 11.4 Å². The summed E-state index contributed by atoms with van der Waals surface area (Å²) in [5, 5.41) is 10.5. The lowest BCUT2D eigenvalue weighted by molar-refractivity contribution is 0.224. The Morgan fingerprint density at radius 3 is 2.55 bits per heavy atom. The van der Waals surface area contributed by atoms with Gasteiger partial charge >= 0.3 is 0 Å². The fourth-order valence-electron chi connectivity index (χ4n) is 2.85. The molecule has 3 rings (SSSR count). The Morgan fingerprint density at radius 2 is 1.86 bits per heavy atom. The number of thiophene rings is 1. The van der Waals surface area contributed by atoms with Crippen LogP contribution in [0.2, 0.25) is 0 Å². The topological polar surface area (TPSA) is 75.6 Å². The summed E-state index contributed by atoms with van der Waals surface area (Å²) in [4.78, 5) is 1.82. The van der Waals surface area contributed by atoms with Gasteiger partial charge < -0.3 is 9.84 Å². The molecule has 1 atom stereocenters. The highest BCUT2D eigenvalue weighted by molar-refractivity contribution is 7.89. The highest BCUT2D eigenvalue weighted by Gasteiger charge is 2.17. The van der Waals surface area contributed by atoms with Gasteiger partial charge in [0.2, 0.25) is 10.0 Å². The number of aryl methyl sites for hydroxylation is 1. The Labute approximate surface area is 176 Å². The molecule has 0 aliphatic carbocycles. The standard InChI is InChI=1S/C22H25NO4S2/c1-3-13-27-20-11-10-19(14-16(20)2)29(25,26)23-15-18-9-12-21(28-18)22(24)17-7-5-4-6-8-17/h4-12,14,22-24H,3,13,15H2,1-2H3. The Kier molecular flexibility index (Phi) is 7.08. The summed E-state index contributed by atoms with van der Waals surface area (Å²) in [5.74, 6) is 0.698. The van der Waals surface area contributed by atoms with E-state index in [0.717, 1.165) is 27.3 Å². The zero-order valence-corrected chi connectivity index (χ0v) is 18.1. The zero-order chi connectivity index (χ0) is 20.9. The lowest BCUT2D eigenvalue weighted by Gasteiger charge is -2.11. The van der Waals surface area contributed by atoms with Crippen molar-refractivity contribution in [2.24, 2.45) is 0 Å². The van der Waals surface area contributed by atoms with Crippen LogP contribution in [0.1, 0.15) is 40.3 Å². The van der Waals surface area contributed by atoms with Crippen LogP contribution in [-0.2, 0) is 16.6 Å². The van der Waals surface area contributed by atoms with E-state index in [2.05, 4.69) is 4.72 Å². The SMILES string of the molecule is CCCOc1ccc(S(=O)(=O)NCc2ccc(C(O)c3ccccc3)s2)cc1C. The van der Waals surface area contributed by atoms with Gasteiger partial charge in [-0.1, -0.05) is 37.3 Å². The van der Waals surface area contributed by atoms with Crippen molar-refractivity contribution in [2.45, 2.75) is 37.8 Å². The maximum absolute atomic E-state index is 12.6. The fraction of sp³-hybridized carbons (Fsp3) is 0.273. The van der Waals surface area contributed by atoms with E-state index in [1.165, 1.54) is 11.3 Å². The summed E-state index contributed by atoms with van der Waals surface area (Å²) >= 11 is 1.39. The molecule has 0 radical (unpaired) electrons. The van der Waals surface area contributed by atoms with Crippen molar-refractivity contribution >= 4 is 21.4 Å². The first-order chi connectivity index (χ1) is 13.9. The van der Waals surface area contributed by atoms with Gasteiger partial charge in [-0.25, -0.2) is 13.1 Å². The highest BCUT2D eigenvalue weighted by Crippen LogP contribution is 2.29. The van der Waals surface area contributed by atoms with Gasteiger partial charge in [0.15, 0.2) is 0 Å². The van der Waals surface area contributed by atoms with Gasteiger partial charge in [0.05, 0.1) is 11.5 Å². The first-order valence-corrected chi connectivity index (χ1v) is 11.8. The largest absolute Gasteiger partial charge is 0.493 e. The number of nitrogens with one attached hydrogen (secondary N) is 1. The van der Waals surface area contributed by atoms with E-state index >= 15 is 0 Å². The Balaban J connectivity index is 1.66. The van der Waals surface area contributed by atoms with E-state index in [9.17, 15) is 13.5 Å². The van der Waals surface area contributed by atoms with Gasteiger partial charge in [0.1, 0.15) is 11.9 Å². The molecule has 1 unspecified atom stereocenters. The third kappa shape index (κ3) is 5.45. The zero-order valence-electron chi connectivity index (χ0n) is 16.5. The molecule has 154 valence electrons. The van der Waals surface area contributed by atoms with Crippen molar-refractivity contribution in [3.05, 3.63) is 81.5 Å². The lowest BCUT2D eigenvalue weighted by atomic mass is 10.1. The third-order valence-electron chi connectivity index (χ3n) is 4.42. The van der Waals surface area contributed by atoms with Crippen molar-refractivity contribution in [3.8, 4) is 5.75 Å². The molecule has 0 bridgehead atoms. The summed E-state index contributed by atoms with van der Waals surface area (Å²) in [6, 6.07) is 17.9. The van der Waals surface area contributed by atoms with E-state index in [1.54, 1.807) is 18.2 Å². The number of ether oxygens (including phenoxy) is 1. The molecule has 2 aromatic carbocycles. The maximum atomic E-state index is 12.6. The minimum Gasteiger partial charge on any atom is -0.493 e. The second kappa shape index (κ2) is 9.54. The van der Waals surface area contributed by atoms with Crippen LogP contribution in [-0.4, -0.2) is 20.1 Å². The number of aliphatic hydroxyl groups is 1. The van der Waals surface area contributed by atoms with Crippen molar-refractivity contribution < 1.29 is 18.3 Å². The highest BCUT2D eigenvalue weighted by atomic mass is 32.2. The van der Waals surface area contributed by atoms with Crippen LogP contribution in [0.3, 0.4) is 0 Å². The first-order valence-electron chi connectivity index (χ1n) is 9.45. The normalized spacial score (nSPS) is 12.7. The fourth-order valence-corrected chi connectivity index (χ4v) is 5.00. The lowest BCUT2D eigenvalue weighted by Crippen LogP contribution is -2.22. The summed E-state index contributed by atoms with van der Waals surface area (Å²) < 4.78 is 33.5. The molecule has 0 saturated heterocycles. The quantitative estimate of drug-likeness (QED) is 0.526. The molecule has 0 aliphatic rings. The summed E-state index contributed by atoms with van der Waals surface area (Å²) in [5.41, 5.74) is 1.59. The minimum atomic E-state index is -3.64. The average molecular weight is 432 g/mol.